The molecule has 0 saturated carbocycles. The van der Waals surface area contributed by atoms with Gasteiger partial charge in [-0.05, 0) is 55.3 Å². The van der Waals surface area contributed by atoms with E-state index in [9.17, 15) is 13.2 Å². The van der Waals surface area contributed by atoms with Gasteiger partial charge in [0.05, 0.1) is 0 Å². The summed E-state index contributed by atoms with van der Waals surface area (Å²) in [5.41, 5.74) is 2.93. The van der Waals surface area contributed by atoms with E-state index in [1.165, 1.54) is 22.7 Å². The highest BCUT2D eigenvalue weighted by molar-refractivity contribution is 7.91. The largest absolute Gasteiger partial charge is 0.426 e. The van der Waals surface area contributed by atoms with Crippen molar-refractivity contribution in [3.05, 3.63) is 46.3 Å². The van der Waals surface area contributed by atoms with Crippen molar-refractivity contribution in [3.63, 3.8) is 0 Å². The number of thiophene rings is 1. The number of rotatable bonds is 7. The molecule has 0 atom stereocenters. The Morgan fingerprint density at radius 3 is 2.48 bits per heavy atom. The van der Waals surface area contributed by atoms with Crippen LogP contribution in [-0.2, 0) is 14.8 Å². The van der Waals surface area contributed by atoms with Crippen molar-refractivity contribution in [2.75, 3.05) is 13.6 Å². The Kier molecular flexibility index (Phi) is 6.37. The maximum atomic E-state index is 12.3. The van der Waals surface area contributed by atoms with Gasteiger partial charge < -0.3 is 4.74 Å². The molecule has 0 radical (unpaired) electrons. The summed E-state index contributed by atoms with van der Waals surface area (Å²) in [5, 5.41) is 1.73. The van der Waals surface area contributed by atoms with Crippen LogP contribution < -0.4 is 4.74 Å². The van der Waals surface area contributed by atoms with Crippen LogP contribution in [0.4, 0.5) is 0 Å². The summed E-state index contributed by atoms with van der Waals surface area (Å²) < 4.78 is 31.7. The van der Waals surface area contributed by atoms with E-state index in [2.05, 4.69) is 0 Å². The number of ether oxygens (including phenoxy) is 1. The van der Waals surface area contributed by atoms with Crippen molar-refractivity contribution in [1.82, 2.24) is 4.31 Å². The molecule has 0 bridgehead atoms. The zero-order chi connectivity index (χ0) is 18.6. The molecule has 0 spiro atoms. The number of carbonyl (C=O) groups is 1. The fourth-order valence-corrected chi connectivity index (χ4v) is 4.79. The van der Waals surface area contributed by atoms with Crippen LogP contribution in [0.25, 0.3) is 0 Å². The molecule has 2 aromatic rings. The predicted molar refractivity (Wildman–Crippen MR) is 99.7 cm³/mol. The van der Waals surface area contributed by atoms with Gasteiger partial charge in [0, 0.05) is 20.0 Å². The number of aryl methyl sites for hydroxylation is 2. The Labute approximate surface area is 153 Å². The van der Waals surface area contributed by atoms with Gasteiger partial charge in [-0.2, -0.15) is 0 Å². The van der Waals surface area contributed by atoms with E-state index >= 15 is 0 Å². The highest BCUT2D eigenvalue weighted by Gasteiger charge is 2.21. The fraction of sp³-hybridized carbons (Fsp3) is 0.389. The zero-order valence-corrected chi connectivity index (χ0v) is 16.5. The van der Waals surface area contributed by atoms with Crippen molar-refractivity contribution < 1.29 is 17.9 Å². The molecule has 25 heavy (non-hydrogen) atoms. The Morgan fingerprint density at radius 2 is 1.84 bits per heavy atom. The van der Waals surface area contributed by atoms with Crippen LogP contribution >= 0.6 is 11.3 Å². The SMILES string of the molecule is Cc1ccc(C)c(OC(=O)CCCN(C)S(=O)(=O)c2cccs2)c1C. The van der Waals surface area contributed by atoms with Crippen molar-refractivity contribution >= 4 is 27.3 Å². The third-order valence-electron chi connectivity index (χ3n) is 4.10. The monoisotopic (exact) mass is 381 g/mol. The lowest BCUT2D eigenvalue weighted by atomic mass is 10.1. The standard InChI is InChI=1S/C18H23NO4S2/c1-13-9-10-14(2)18(15(13)3)23-16(20)7-5-11-19(4)25(21,22)17-8-6-12-24-17/h6,8-10,12H,5,7,11H2,1-4H3. The maximum absolute atomic E-state index is 12.3. The number of esters is 1. The summed E-state index contributed by atoms with van der Waals surface area (Å²) in [7, 11) is -1.95. The van der Waals surface area contributed by atoms with E-state index in [0.29, 0.717) is 16.4 Å². The second-order valence-electron chi connectivity index (χ2n) is 5.99. The number of hydrogen-bond acceptors (Lipinski definition) is 5. The molecule has 7 heteroatoms. The number of benzene rings is 1. The van der Waals surface area contributed by atoms with E-state index in [1.54, 1.807) is 17.5 Å². The lowest BCUT2D eigenvalue weighted by Crippen LogP contribution is -2.28. The summed E-state index contributed by atoms with van der Waals surface area (Å²) >= 11 is 1.18. The van der Waals surface area contributed by atoms with Crippen LogP contribution in [-0.4, -0.2) is 32.3 Å². The fourth-order valence-electron chi connectivity index (χ4n) is 2.38. The van der Waals surface area contributed by atoms with E-state index in [-0.39, 0.29) is 18.9 Å². The molecule has 0 unspecified atom stereocenters. The third kappa shape index (κ3) is 4.68. The van der Waals surface area contributed by atoms with E-state index in [1.807, 2.05) is 32.9 Å². The molecule has 0 aliphatic heterocycles. The lowest BCUT2D eigenvalue weighted by molar-refractivity contribution is -0.134. The molecule has 0 aliphatic carbocycles. The van der Waals surface area contributed by atoms with Gasteiger partial charge in [0.25, 0.3) is 10.0 Å². The van der Waals surface area contributed by atoms with Crippen molar-refractivity contribution in [2.24, 2.45) is 0 Å². The molecule has 0 saturated heterocycles. The average molecular weight is 382 g/mol. The molecule has 5 nitrogen and oxygen atoms in total. The second-order valence-corrected chi connectivity index (χ2v) is 9.21. The molecule has 2 rings (SSSR count). The summed E-state index contributed by atoms with van der Waals surface area (Å²) in [5.74, 6) is 0.253. The summed E-state index contributed by atoms with van der Waals surface area (Å²) in [6, 6.07) is 7.20. The quantitative estimate of drug-likeness (QED) is 0.542. The molecular weight excluding hydrogens is 358 g/mol. The predicted octanol–water partition coefficient (Wildman–Crippen LogP) is 3.68. The van der Waals surface area contributed by atoms with Crippen LogP contribution in [0.5, 0.6) is 5.75 Å². The molecular formula is C18H23NO4S2. The molecule has 0 amide bonds. The Bertz CT molecular complexity index is 842. The summed E-state index contributed by atoms with van der Waals surface area (Å²) in [6.45, 7) is 6.06. The van der Waals surface area contributed by atoms with Gasteiger partial charge in [-0.1, -0.05) is 18.2 Å². The number of hydrogen-bond donors (Lipinski definition) is 0. The molecule has 1 aromatic heterocycles. The highest BCUT2D eigenvalue weighted by Crippen LogP contribution is 2.26. The van der Waals surface area contributed by atoms with Crippen molar-refractivity contribution in [1.29, 1.82) is 0 Å². The molecule has 1 heterocycles. The Morgan fingerprint density at radius 1 is 1.16 bits per heavy atom. The minimum absolute atomic E-state index is 0.164. The number of carbonyl (C=O) groups excluding carboxylic acids is 1. The first-order valence-corrected chi connectivity index (χ1v) is 10.3. The van der Waals surface area contributed by atoms with Crippen LogP contribution in [0.15, 0.2) is 33.9 Å². The van der Waals surface area contributed by atoms with Crippen molar-refractivity contribution in [3.8, 4) is 5.75 Å². The number of sulfonamides is 1. The Hall–Kier alpha value is -1.70. The van der Waals surface area contributed by atoms with Gasteiger partial charge in [0.15, 0.2) is 0 Å². The van der Waals surface area contributed by atoms with E-state index in [4.69, 9.17) is 4.74 Å². The summed E-state index contributed by atoms with van der Waals surface area (Å²) in [6.07, 6.45) is 0.570. The minimum Gasteiger partial charge on any atom is -0.426 e. The van der Waals surface area contributed by atoms with Gasteiger partial charge in [-0.15, -0.1) is 11.3 Å². The first-order chi connectivity index (χ1) is 11.7. The van der Waals surface area contributed by atoms with Gasteiger partial charge in [0.2, 0.25) is 0 Å². The Balaban J connectivity index is 1.90. The van der Waals surface area contributed by atoms with Gasteiger partial charge in [0.1, 0.15) is 9.96 Å². The highest BCUT2D eigenvalue weighted by atomic mass is 32.2. The first kappa shape index (κ1) is 19.6. The minimum atomic E-state index is -3.47. The number of nitrogens with zero attached hydrogens (tertiary/aromatic N) is 1. The topological polar surface area (TPSA) is 63.7 Å². The lowest BCUT2D eigenvalue weighted by Gasteiger charge is -2.16. The molecule has 0 fully saturated rings. The average Bonchev–Trinajstić information content (AvgIpc) is 3.10. The van der Waals surface area contributed by atoms with Gasteiger partial charge >= 0.3 is 5.97 Å². The third-order valence-corrected chi connectivity index (χ3v) is 7.33. The van der Waals surface area contributed by atoms with Crippen LogP contribution in [0, 0.1) is 20.8 Å². The zero-order valence-electron chi connectivity index (χ0n) is 14.9. The summed E-state index contributed by atoms with van der Waals surface area (Å²) in [4.78, 5) is 12.1. The smallest absolute Gasteiger partial charge is 0.311 e. The first-order valence-electron chi connectivity index (χ1n) is 8.01. The maximum Gasteiger partial charge on any atom is 0.311 e. The molecule has 0 aliphatic rings. The van der Waals surface area contributed by atoms with Crippen LogP contribution in [0.2, 0.25) is 0 Å². The normalized spacial score (nSPS) is 11.7. The second kappa shape index (κ2) is 8.12. The van der Waals surface area contributed by atoms with Crippen molar-refractivity contribution in [2.45, 2.75) is 37.8 Å². The molecule has 1 aromatic carbocycles. The van der Waals surface area contributed by atoms with Crippen LogP contribution in [0.3, 0.4) is 0 Å². The van der Waals surface area contributed by atoms with E-state index < -0.39 is 10.0 Å². The molecule has 136 valence electrons. The van der Waals surface area contributed by atoms with Gasteiger partial charge in [-0.3, -0.25) is 4.79 Å². The van der Waals surface area contributed by atoms with Gasteiger partial charge in [-0.25, -0.2) is 12.7 Å². The molecule has 0 N–H and O–H groups in total. The van der Waals surface area contributed by atoms with Crippen LogP contribution in [0.1, 0.15) is 29.5 Å². The van der Waals surface area contributed by atoms with E-state index in [0.717, 1.165) is 16.7 Å².